The van der Waals surface area contributed by atoms with Crippen LogP contribution in [0.3, 0.4) is 0 Å². The molecule has 13 heavy (non-hydrogen) atoms. The molecule has 0 spiro atoms. The van der Waals surface area contributed by atoms with Crippen LogP contribution < -0.4 is 0 Å². The van der Waals surface area contributed by atoms with E-state index in [1.54, 1.807) is 0 Å². The fraction of sp³-hybridized carbons (Fsp3) is 1.00. The number of hydrogen-bond acceptors (Lipinski definition) is 0. The smallest absolute Gasteiger partial charge is 0.171 e. The van der Waals surface area contributed by atoms with Gasteiger partial charge in [0.05, 0.1) is 5.41 Å². The van der Waals surface area contributed by atoms with E-state index in [0.717, 1.165) is 12.8 Å². The van der Waals surface area contributed by atoms with E-state index < -0.39 is 11.6 Å². The zero-order valence-corrected chi connectivity index (χ0v) is 7.99. The van der Waals surface area contributed by atoms with E-state index >= 15 is 0 Å². The first-order valence-electron chi connectivity index (χ1n) is 4.93. The highest BCUT2D eigenvalue weighted by atomic mass is 19.4. The number of hydrogen-bond donors (Lipinski definition) is 0. The van der Waals surface area contributed by atoms with Crippen LogP contribution in [0.2, 0.25) is 0 Å². The van der Waals surface area contributed by atoms with Gasteiger partial charge in [0, 0.05) is 0 Å². The van der Waals surface area contributed by atoms with Gasteiger partial charge in [0.25, 0.3) is 0 Å². The maximum atomic E-state index is 12.8. The molecule has 4 unspecified atom stereocenters. The third kappa shape index (κ3) is 1.05. The van der Waals surface area contributed by atoms with Gasteiger partial charge >= 0.3 is 6.18 Å². The maximum absolute atomic E-state index is 12.8. The second-order valence-corrected chi connectivity index (χ2v) is 4.92. The standard InChI is InChI=1S/C10H15F3/c1-6-7-3-4-8(6)9(2,5-7)10(11,12)13/h6-8H,3-5H2,1-2H3. The van der Waals surface area contributed by atoms with E-state index in [1.807, 2.05) is 6.92 Å². The topological polar surface area (TPSA) is 0 Å². The van der Waals surface area contributed by atoms with Crippen LogP contribution in [0.1, 0.15) is 33.1 Å². The lowest BCUT2D eigenvalue weighted by Gasteiger charge is -2.36. The summed E-state index contributed by atoms with van der Waals surface area (Å²) in [4.78, 5) is 0. The molecule has 2 fully saturated rings. The number of alkyl halides is 3. The van der Waals surface area contributed by atoms with Crippen LogP contribution in [0.15, 0.2) is 0 Å². The van der Waals surface area contributed by atoms with Gasteiger partial charge in [-0.1, -0.05) is 13.8 Å². The van der Waals surface area contributed by atoms with E-state index in [4.69, 9.17) is 0 Å². The number of rotatable bonds is 0. The Balaban J connectivity index is 2.28. The second-order valence-electron chi connectivity index (χ2n) is 4.92. The summed E-state index contributed by atoms with van der Waals surface area (Å²) in [6.07, 6.45) is -1.84. The molecule has 4 atom stereocenters. The molecule has 0 saturated heterocycles. The average molecular weight is 192 g/mol. The molecule has 0 nitrogen and oxygen atoms in total. The Labute approximate surface area is 76.5 Å². The van der Waals surface area contributed by atoms with Crippen molar-refractivity contribution in [2.45, 2.75) is 39.3 Å². The molecule has 0 aromatic carbocycles. The molecule has 0 aromatic heterocycles. The van der Waals surface area contributed by atoms with Crippen LogP contribution >= 0.6 is 0 Å². The molecular weight excluding hydrogens is 177 g/mol. The summed E-state index contributed by atoms with van der Waals surface area (Å²) in [5.74, 6) is 0.501. The van der Waals surface area contributed by atoms with Gasteiger partial charge in [0.1, 0.15) is 0 Å². The Hall–Kier alpha value is -0.210. The van der Waals surface area contributed by atoms with Gasteiger partial charge in [-0.05, 0) is 37.0 Å². The minimum Gasteiger partial charge on any atom is -0.171 e. The first kappa shape index (κ1) is 9.35. The fourth-order valence-corrected chi connectivity index (χ4v) is 3.46. The Morgan fingerprint density at radius 3 is 2.08 bits per heavy atom. The maximum Gasteiger partial charge on any atom is 0.394 e. The van der Waals surface area contributed by atoms with Gasteiger partial charge in [-0.3, -0.25) is 0 Å². The van der Waals surface area contributed by atoms with Crippen molar-refractivity contribution in [3.63, 3.8) is 0 Å². The number of fused-ring (bicyclic) bond motifs is 2. The fourth-order valence-electron chi connectivity index (χ4n) is 3.46. The lowest BCUT2D eigenvalue weighted by Crippen LogP contribution is -2.40. The molecule has 0 radical (unpaired) electrons. The molecule has 3 heteroatoms. The van der Waals surface area contributed by atoms with Gasteiger partial charge < -0.3 is 0 Å². The average Bonchev–Trinajstić information content (AvgIpc) is 2.42. The minimum atomic E-state index is -4.00. The van der Waals surface area contributed by atoms with Crippen LogP contribution in [0.25, 0.3) is 0 Å². The molecule has 0 N–H and O–H groups in total. The Bertz CT molecular complexity index is 221. The van der Waals surface area contributed by atoms with Crippen molar-refractivity contribution in [1.82, 2.24) is 0 Å². The third-order valence-corrected chi connectivity index (χ3v) is 4.38. The highest BCUT2D eigenvalue weighted by molar-refractivity contribution is 5.04. The van der Waals surface area contributed by atoms with Crippen molar-refractivity contribution in [1.29, 1.82) is 0 Å². The van der Waals surface area contributed by atoms with E-state index in [1.165, 1.54) is 6.92 Å². The van der Waals surface area contributed by atoms with E-state index in [-0.39, 0.29) is 11.8 Å². The molecule has 2 rings (SSSR count). The van der Waals surface area contributed by atoms with E-state index in [9.17, 15) is 13.2 Å². The molecule has 2 saturated carbocycles. The SMILES string of the molecule is CC1C2CCC1C(C)(C(F)(F)F)C2. The Morgan fingerprint density at radius 1 is 1.23 bits per heavy atom. The van der Waals surface area contributed by atoms with Gasteiger partial charge in [-0.2, -0.15) is 13.2 Å². The predicted octanol–water partition coefficient (Wildman–Crippen LogP) is 3.62. The first-order chi connectivity index (χ1) is 5.86. The lowest BCUT2D eigenvalue weighted by molar-refractivity contribution is -0.235. The minimum absolute atomic E-state index is 0.113. The van der Waals surface area contributed by atoms with Crippen molar-refractivity contribution in [3.8, 4) is 0 Å². The summed E-state index contributed by atoms with van der Waals surface area (Å²) in [5, 5.41) is 0. The molecule has 76 valence electrons. The molecular formula is C10H15F3. The van der Waals surface area contributed by atoms with Crippen LogP contribution in [-0.4, -0.2) is 6.18 Å². The lowest BCUT2D eigenvalue weighted by atomic mass is 9.73. The Kier molecular flexibility index (Phi) is 1.74. The molecule has 2 aliphatic rings. The first-order valence-corrected chi connectivity index (χ1v) is 4.93. The zero-order valence-electron chi connectivity index (χ0n) is 7.99. The summed E-state index contributed by atoms with van der Waals surface area (Å²) in [6.45, 7) is 3.40. The summed E-state index contributed by atoms with van der Waals surface area (Å²) < 4.78 is 38.3. The van der Waals surface area contributed by atoms with Gasteiger partial charge in [-0.25, -0.2) is 0 Å². The molecule has 2 aliphatic carbocycles. The predicted molar refractivity (Wildman–Crippen MR) is 44.2 cm³/mol. The van der Waals surface area contributed by atoms with Crippen molar-refractivity contribution < 1.29 is 13.2 Å². The quantitative estimate of drug-likeness (QED) is 0.550. The summed E-state index contributed by atoms with van der Waals surface area (Å²) in [5.41, 5.74) is -1.38. The molecule has 0 aromatic rings. The van der Waals surface area contributed by atoms with Crippen molar-refractivity contribution in [3.05, 3.63) is 0 Å². The van der Waals surface area contributed by atoms with Crippen molar-refractivity contribution in [2.75, 3.05) is 0 Å². The number of halogens is 3. The van der Waals surface area contributed by atoms with Crippen LogP contribution in [0, 0.1) is 23.2 Å². The van der Waals surface area contributed by atoms with Crippen molar-refractivity contribution in [2.24, 2.45) is 23.2 Å². The van der Waals surface area contributed by atoms with Gasteiger partial charge in [0.2, 0.25) is 0 Å². The van der Waals surface area contributed by atoms with Crippen LogP contribution in [0.4, 0.5) is 13.2 Å². The molecule has 0 heterocycles. The van der Waals surface area contributed by atoms with E-state index in [0.29, 0.717) is 12.3 Å². The largest absolute Gasteiger partial charge is 0.394 e. The molecule has 2 bridgehead atoms. The second kappa shape index (κ2) is 2.43. The van der Waals surface area contributed by atoms with Gasteiger partial charge in [0.15, 0.2) is 0 Å². The summed E-state index contributed by atoms with van der Waals surface area (Å²) >= 11 is 0. The highest BCUT2D eigenvalue weighted by Crippen LogP contribution is 2.64. The molecule has 0 amide bonds. The third-order valence-electron chi connectivity index (χ3n) is 4.38. The normalized spacial score (nSPS) is 50.1. The Morgan fingerprint density at radius 2 is 1.85 bits per heavy atom. The monoisotopic (exact) mass is 192 g/mol. The highest BCUT2D eigenvalue weighted by Gasteiger charge is 2.64. The molecule has 0 aliphatic heterocycles. The van der Waals surface area contributed by atoms with E-state index in [2.05, 4.69) is 0 Å². The zero-order chi connectivity index (χ0) is 9.85. The summed E-state index contributed by atoms with van der Waals surface area (Å²) in [7, 11) is 0. The van der Waals surface area contributed by atoms with Crippen LogP contribution in [-0.2, 0) is 0 Å². The summed E-state index contributed by atoms with van der Waals surface area (Å²) in [6, 6.07) is 0. The van der Waals surface area contributed by atoms with Crippen molar-refractivity contribution >= 4 is 0 Å². The van der Waals surface area contributed by atoms with Crippen LogP contribution in [0.5, 0.6) is 0 Å². The van der Waals surface area contributed by atoms with Gasteiger partial charge in [-0.15, -0.1) is 0 Å².